The van der Waals surface area contributed by atoms with E-state index in [9.17, 15) is 9.90 Å². The highest BCUT2D eigenvalue weighted by Crippen LogP contribution is 2.45. The van der Waals surface area contributed by atoms with E-state index in [1.54, 1.807) is 7.11 Å². The first-order valence-corrected chi connectivity index (χ1v) is 11.0. The Morgan fingerprint density at radius 3 is 1.52 bits per heavy atom. The molecule has 0 aliphatic rings. The van der Waals surface area contributed by atoms with Gasteiger partial charge >= 0.3 is 5.97 Å². The maximum absolute atomic E-state index is 11.7. The summed E-state index contributed by atoms with van der Waals surface area (Å²) in [6.45, 7) is 0.320. The van der Waals surface area contributed by atoms with Gasteiger partial charge < -0.3 is 14.7 Å². The summed E-state index contributed by atoms with van der Waals surface area (Å²) in [5.41, 5.74) is 3.35. The fraction of sp³-hybridized carbons (Fsp3) is 0.138. The molecule has 0 heterocycles. The van der Waals surface area contributed by atoms with Gasteiger partial charge in [-0.05, 0) is 41.0 Å². The van der Waals surface area contributed by atoms with Crippen LogP contribution in [-0.2, 0) is 10.3 Å². The summed E-state index contributed by atoms with van der Waals surface area (Å²) >= 11 is 0. The summed E-state index contributed by atoms with van der Waals surface area (Å²) in [6.07, 6.45) is 0.000278. The van der Waals surface area contributed by atoms with Crippen molar-refractivity contribution in [2.45, 2.75) is 12.0 Å². The second kappa shape index (κ2) is 10.0. The van der Waals surface area contributed by atoms with Crippen LogP contribution in [0.1, 0.15) is 23.1 Å². The van der Waals surface area contributed by atoms with Crippen molar-refractivity contribution < 1.29 is 14.6 Å². The predicted octanol–water partition coefficient (Wildman–Crippen LogP) is 5.97. The molecule has 0 radical (unpaired) electrons. The monoisotopic (exact) mass is 437 g/mol. The number of rotatable bonds is 9. The molecule has 4 aromatic carbocycles. The van der Waals surface area contributed by atoms with Crippen molar-refractivity contribution in [3.63, 3.8) is 0 Å². The average molecular weight is 438 g/mol. The lowest BCUT2D eigenvalue weighted by atomic mass is 9.75. The van der Waals surface area contributed by atoms with Crippen molar-refractivity contribution in [3.05, 3.63) is 132 Å². The van der Waals surface area contributed by atoms with Gasteiger partial charge in [-0.25, -0.2) is 0 Å². The van der Waals surface area contributed by atoms with Crippen LogP contribution in [0.5, 0.6) is 5.75 Å². The Kier molecular flexibility index (Phi) is 6.75. The van der Waals surface area contributed by atoms with E-state index in [4.69, 9.17) is 4.74 Å². The number of nitrogens with zero attached hydrogens (tertiary/aromatic N) is 1. The van der Waals surface area contributed by atoms with Crippen molar-refractivity contribution in [2.75, 3.05) is 18.6 Å². The Morgan fingerprint density at radius 2 is 1.15 bits per heavy atom. The maximum Gasteiger partial charge on any atom is 0.305 e. The van der Waals surface area contributed by atoms with Gasteiger partial charge in [-0.15, -0.1) is 0 Å². The van der Waals surface area contributed by atoms with Crippen LogP contribution in [0.2, 0.25) is 0 Å². The lowest BCUT2D eigenvalue weighted by molar-refractivity contribution is -0.136. The predicted molar refractivity (Wildman–Crippen MR) is 132 cm³/mol. The molecular weight excluding hydrogens is 410 g/mol. The van der Waals surface area contributed by atoms with Crippen LogP contribution < -0.4 is 9.64 Å². The van der Waals surface area contributed by atoms with Crippen LogP contribution in [0.3, 0.4) is 0 Å². The minimum atomic E-state index is -0.836. The van der Waals surface area contributed by atoms with Crippen molar-refractivity contribution in [2.24, 2.45) is 0 Å². The quantitative estimate of drug-likeness (QED) is 0.328. The Labute approximate surface area is 194 Å². The third-order valence-electron chi connectivity index (χ3n) is 5.91. The van der Waals surface area contributed by atoms with Crippen LogP contribution in [0.15, 0.2) is 115 Å². The molecule has 0 aromatic heterocycles. The zero-order valence-corrected chi connectivity index (χ0v) is 18.6. The van der Waals surface area contributed by atoms with E-state index >= 15 is 0 Å². The first-order chi connectivity index (χ1) is 16.2. The molecule has 4 nitrogen and oxygen atoms in total. The van der Waals surface area contributed by atoms with E-state index < -0.39 is 11.5 Å². The summed E-state index contributed by atoms with van der Waals surface area (Å²) < 4.78 is 5.37. The molecule has 33 heavy (non-hydrogen) atoms. The van der Waals surface area contributed by atoms with Gasteiger partial charge in [-0.1, -0.05) is 91.0 Å². The van der Waals surface area contributed by atoms with Crippen LogP contribution in [0.4, 0.5) is 5.69 Å². The molecular formula is C29H27NO3. The largest absolute Gasteiger partial charge is 0.497 e. The molecule has 0 aliphatic carbocycles. The number of carboxylic acids is 1. The molecule has 0 fully saturated rings. The molecule has 0 amide bonds. The Hall–Kier alpha value is -4.05. The van der Waals surface area contributed by atoms with Gasteiger partial charge in [0.2, 0.25) is 0 Å². The summed E-state index contributed by atoms with van der Waals surface area (Å²) in [6, 6.07) is 38.6. The van der Waals surface area contributed by atoms with Crippen LogP contribution >= 0.6 is 0 Å². The second-order valence-corrected chi connectivity index (χ2v) is 7.80. The molecule has 0 bridgehead atoms. The number of aliphatic carboxylic acids is 1. The fourth-order valence-corrected chi connectivity index (χ4v) is 4.47. The highest BCUT2D eigenvalue weighted by Gasteiger charge is 2.42. The van der Waals surface area contributed by atoms with Gasteiger partial charge in [0.25, 0.3) is 0 Å². The van der Waals surface area contributed by atoms with Gasteiger partial charge in [0.15, 0.2) is 0 Å². The van der Waals surface area contributed by atoms with Gasteiger partial charge in [0, 0.05) is 12.2 Å². The number of carboxylic acid groups (broad SMARTS) is 1. The van der Waals surface area contributed by atoms with E-state index in [0.717, 1.165) is 28.1 Å². The summed E-state index contributed by atoms with van der Waals surface area (Å²) in [4.78, 5) is 13.9. The molecule has 4 aromatic rings. The maximum atomic E-state index is 11.7. The van der Waals surface area contributed by atoms with Crippen LogP contribution in [0.25, 0.3) is 0 Å². The van der Waals surface area contributed by atoms with Gasteiger partial charge in [0.05, 0.1) is 13.5 Å². The van der Waals surface area contributed by atoms with E-state index in [1.165, 1.54) is 0 Å². The lowest BCUT2D eigenvalue weighted by Gasteiger charge is -2.47. The molecule has 166 valence electrons. The van der Waals surface area contributed by atoms with E-state index in [-0.39, 0.29) is 6.42 Å². The molecule has 4 rings (SSSR count). The van der Waals surface area contributed by atoms with Crippen LogP contribution in [-0.4, -0.2) is 24.7 Å². The summed E-state index contributed by atoms with van der Waals surface area (Å²) in [5, 5.41) is 9.62. The zero-order valence-electron chi connectivity index (χ0n) is 18.6. The summed E-state index contributed by atoms with van der Waals surface area (Å²) in [7, 11) is 1.64. The Balaban J connectivity index is 2.05. The number of hydrogen-bond acceptors (Lipinski definition) is 3. The smallest absolute Gasteiger partial charge is 0.305 e. The van der Waals surface area contributed by atoms with Crippen LogP contribution in [0, 0.1) is 0 Å². The van der Waals surface area contributed by atoms with Crippen molar-refractivity contribution >= 4 is 11.7 Å². The first kappa shape index (κ1) is 22.2. The highest BCUT2D eigenvalue weighted by atomic mass is 16.5. The average Bonchev–Trinajstić information content (AvgIpc) is 2.88. The van der Waals surface area contributed by atoms with Gasteiger partial charge in [-0.3, -0.25) is 4.79 Å². The SMILES string of the molecule is COc1ccc(N(CCC(=O)O)C(c2ccccc2)(c2ccccc2)c2ccccc2)cc1. The minimum absolute atomic E-state index is 0.000278. The Bertz CT molecular complexity index is 1060. The minimum Gasteiger partial charge on any atom is -0.497 e. The van der Waals surface area contributed by atoms with Crippen molar-refractivity contribution in [1.82, 2.24) is 0 Å². The molecule has 0 unspecified atom stereocenters. The van der Waals surface area contributed by atoms with Gasteiger partial charge in [-0.2, -0.15) is 0 Å². The lowest BCUT2D eigenvalue weighted by Crippen LogP contribution is -2.49. The standard InChI is InChI=1S/C29H27NO3/c1-33-27-19-17-26(18-20-27)30(22-21-28(31)32)29(23-11-5-2-6-12-23,24-13-7-3-8-14-24)25-15-9-4-10-16-25/h2-20H,21-22H2,1H3,(H,31,32). The topological polar surface area (TPSA) is 49.8 Å². The molecule has 0 saturated carbocycles. The zero-order chi connectivity index (χ0) is 23.1. The molecule has 4 heteroatoms. The number of hydrogen-bond donors (Lipinski definition) is 1. The molecule has 0 atom stereocenters. The first-order valence-electron chi connectivity index (χ1n) is 11.0. The Morgan fingerprint density at radius 1 is 0.727 bits per heavy atom. The van der Waals surface area contributed by atoms with Crippen molar-refractivity contribution in [1.29, 1.82) is 0 Å². The number of anilines is 1. The number of ether oxygens (including phenoxy) is 1. The second-order valence-electron chi connectivity index (χ2n) is 7.80. The van der Waals surface area contributed by atoms with Gasteiger partial charge in [0.1, 0.15) is 11.3 Å². The molecule has 0 aliphatic heterocycles. The van der Waals surface area contributed by atoms with Crippen molar-refractivity contribution in [3.8, 4) is 5.75 Å². The highest BCUT2D eigenvalue weighted by molar-refractivity contribution is 5.69. The number of carbonyl (C=O) groups is 1. The summed E-state index contributed by atoms with van der Waals surface area (Å²) in [5.74, 6) is -0.0849. The third-order valence-corrected chi connectivity index (χ3v) is 5.91. The fourth-order valence-electron chi connectivity index (χ4n) is 4.47. The number of benzene rings is 4. The third kappa shape index (κ3) is 4.46. The normalized spacial score (nSPS) is 11.1. The number of methoxy groups -OCH3 is 1. The molecule has 0 spiro atoms. The van der Waals surface area contributed by atoms with E-state index in [0.29, 0.717) is 6.54 Å². The molecule has 0 saturated heterocycles. The van der Waals surface area contributed by atoms with E-state index in [1.807, 2.05) is 78.9 Å². The molecule has 1 N–H and O–H groups in total. The van der Waals surface area contributed by atoms with E-state index in [2.05, 4.69) is 41.3 Å².